The summed E-state index contributed by atoms with van der Waals surface area (Å²) in [6.07, 6.45) is 0.392. The Kier molecular flexibility index (Phi) is 8.70. The van der Waals surface area contributed by atoms with Crippen molar-refractivity contribution in [2.75, 3.05) is 6.61 Å². The van der Waals surface area contributed by atoms with Crippen molar-refractivity contribution in [2.45, 2.75) is 26.9 Å². The van der Waals surface area contributed by atoms with Crippen LogP contribution >= 0.6 is 0 Å². The normalized spacial score (nSPS) is 11.9. The van der Waals surface area contributed by atoms with E-state index in [2.05, 4.69) is 4.74 Å². The molecule has 1 aromatic carbocycles. The maximum absolute atomic E-state index is 11.1. The zero-order valence-electron chi connectivity index (χ0n) is 11.9. The maximum atomic E-state index is 11.1. The van der Waals surface area contributed by atoms with Gasteiger partial charge in [-0.2, -0.15) is 0 Å². The number of esters is 1. The highest BCUT2D eigenvalue weighted by atomic mass is 16.5. The van der Waals surface area contributed by atoms with Gasteiger partial charge >= 0.3 is 11.9 Å². The fraction of sp³-hybridized carbons (Fsp3) is 0.333. The molecule has 0 aliphatic rings. The van der Waals surface area contributed by atoms with E-state index in [0.717, 1.165) is 0 Å². The number of aliphatic hydroxyl groups excluding tert-OH is 1. The van der Waals surface area contributed by atoms with Crippen molar-refractivity contribution >= 4 is 11.9 Å². The molecule has 1 atom stereocenters. The molecule has 1 rings (SSSR count). The molecule has 0 aromatic heterocycles. The number of aliphatic carboxylic acids is 1. The fourth-order valence-corrected chi connectivity index (χ4v) is 1.12. The second-order valence-electron chi connectivity index (χ2n) is 3.84. The van der Waals surface area contributed by atoms with Gasteiger partial charge in [0.05, 0.1) is 6.61 Å². The molecule has 0 heterocycles. The molecule has 0 saturated heterocycles. The van der Waals surface area contributed by atoms with Gasteiger partial charge in [0.1, 0.15) is 0 Å². The number of hydrogen-bond acceptors (Lipinski definition) is 4. The van der Waals surface area contributed by atoms with Crippen LogP contribution in [0.3, 0.4) is 0 Å². The molecule has 0 spiro atoms. The lowest BCUT2D eigenvalue weighted by Gasteiger charge is -2.08. The molecule has 20 heavy (non-hydrogen) atoms. The first kappa shape index (κ1) is 17.9. The van der Waals surface area contributed by atoms with E-state index >= 15 is 0 Å². The molecule has 0 radical (unpaired) electrons. The SMILES string of the molecule is C/C=C(/C)C(=O)O.CCOC(=O)C(O)c1ccccc1. The van der Waals surface area contributed by atoms with Crippen LogP contribution in [0.4, 0.5) is 0 Å². The van der Waals surface area contributed by atoms with E-state index in [9.17, 15) is 14.7 Å². The average Bonchev–Trinajstić information content (AvgIpc) is 2.47. The summed E-state index contributed by atoms with van der Waals surface area (Å²) >= 11 is 0. The summed E-state index contributed by atoms with van der Waals surface area (Å²) in [4.78, 5) is 20.9. The molecule has 1 aromatic rings. The van der Waals surface area contributed by atoms with E-state index in [1.54, 1.807) is 51.1 Å². The fourth-order valence-electron chi connectivity index (χ4n) is 1.12. The number of carboxylic acids is 1. The molecular weight excluding hydrogens is 260 g/mol. The third-order valence-electron chi connectivity index (χ3n) is 2.40. The monoisotopic (exact) mass is 280 g/mol. The summed E-state index contributed by atoms with van der Waals surface area (Å²) in [5, 5.41) is 17.6. The highest BCUT2D eigenvalue weighted by Crippen LogP contribution is 2.13. The molecule has 0 saturated carbocycles. The number of carbonyl (C=O) groups excluding carboxylic acids is 1. The van der Waals surface area contributed by atoms with Crippen molar-refractivity contribution in [1.29, 1.82) is 0 Å². The van der Waals surface area contributed by atoms with Crippen LogP contribution in [-0.2, 0) is 14.3 Å². The Morgan fingerprint density at radius 1 is 1.30 bits per heavy atom. The van der Waals surface area contributed by atoms with Crippen molar-refractivity contribution in [2.24, 2.45) is 0 Å². The predicted octanol–water partition coefficient (Wildman–Crippen LogP) is 2.32. The van der Waals surface area contributed by atoms with Gasteiger partial charge in [-0.1, -0.05) is 36.4 Å². The Bertz CT molecular complexity index is 451. The first-order chi connectivity index (χ1) is 9.43. The van der Waals surface area contributed by atoms with Gasteiger partial charge in [0.2, 0.25) is 0 Å². The first-order valence-electron chi connectivity index (χ1n) is 6.19. The molecule has 5 nitrogen and oxygen atoms in total. The van der Waals surface area contributed by atoms with Crippen LogP contribution in [0, 0.1) is 0 Å². The Hall–Kier alpha value is -2.14. The van der Waals surface area contributed by atoms with Crippen molar-refractivity contribution in [3.63, 3.8) is 0 Å². The molecular formula is C15H20O5. The molecule has 5 heteroatoms. The van der Waals surface area contributed by atoms with Crippen molar-refractivity contribution in [1.82, 2.24) is 0 Å². The Labute approximate surface area is 118 Å². The van der Waals surface area contributed by atoms with Crippen LogP contribution < -0.4 is 0 Å². The molecule has 0 bridgehead atoms. The lowest BCUT2D eigenvalue weighted by atomic mass is 10.1. The lowest BCUT2D eigenvalue weighted by molar-refractivity contribution is -0.153. The summed E-state index contributed by atoms with van der Waals surface area (Å²) in [6.45, 7) is 5.24. The summed E-state index contributed by atoms with van der Waals surface area (Å²) in [5.74, 6) is -1.45. The molecule has 0 aliphatic heterocycles. The van der Waals surface area contributed by atoms with Crippen LogP contribution in [0.15, 0.2) is 42.0 Å². The third-order valence-corrected chi connectivity index (χ3v) is 2.40. The van der Waals surface area contributed by atoms with Crippen LogP contribution in [0.2, 0.25) is 0 Å². The number of hydrogen-bond donors (Lipinski definition) is 2. The van der Waals surface area contributed by atoms with E-state index in [-0.39, 0.29) is 6.61 Å². The minimum Gasteiger partial charge on any atom is -0.478 e. The Balaban J connectivity index is 0.000000441. The van der Waals surface area contributed by atoms with Gasteiger partial charge in [0.25, 0.3) is 0 Å². The number of aliphatic hydroxyl groups is 1. The van der Waals surface area contributed by atoms with Crippen molar-refractivity contribution < 1.29 is 24.5 Å². The average molecular weight is 280 g/mol. The molecule has 0 fully saturated rings. The summed E-state index contributed by atoms with van der Waals surface area (Å²) in [7, 11) is 0. The summed E-state index contributed by atoms with van der Waals surface area (Å²) < 4.78 is 4.67. The van der Waals surface area contributed by atoms with Crippen LogP contribution in [0.1, 0.15) is 32.4 Å². The zero-order chi connectivity index (χ0) is 15.5. The minimum atomic E-state index is -1.17. The predicted molar refractivity (Wildman–Crippen MR) is 75.1 cm³/mol. The van der Waals surface area contributed by atoms with Crippen LogP contribution in [-0.4, -0.2) is 28.8 Å². The Morgan fingerprint density at radius 2 is 1.85 bits per heavy atom. The molecule has 2 N–H and O–H groups in total. The van der Waals surface area contributed by atoms with Gasteiger partial charge in [0.15, 0.2) is 6.10 Å². The van der Waals surface area contributed by atoms with Gasteiger partial charge in [-0.15, -0.1) is 0 Å². The van der Waals surface area contributed by atoms with Gasteiger partial charge in [-0.25, -0.2) is 9.59 Å². The minimum absolute atomic E-state index is 0.280. The maximum Gasteiger partial charge on any atom is 0.339 e. The van der Waals surface area contributed by atoms with E-state index in [1.807, 2.05) is 6.07 Å². The summed E-state index contributed by atoms with van der Waals surface area (Å²) in [5.41, 5.74) is 0.945. The number of carboxylic acid groups (broad SMARTS) is 1. The quantitative estimate of drug-likeness (QED) is 0.653. The molecule has 0 aliphatic carbocycles. The molecule has 110 valence electrons. The second-order valence-corrected chi connectivity index (χ2v) is 3.84. The smallest absolute Gasteiger partial charge is 0.339 e. The first-order valence-corrected chi connectivity index (χ1v) is 6.19. The van der Waals surface area contributed by atoms with Crippen molar-refractivity contribution in [3.8, 4) is 0 Å². The molecule has 0 amide bonds. The largest absolute Gasteiger partial charge is 0.478 e. The number of allylic oxidation sites excluding steroid dienone is 1. The third kappa shape index (κ3) is 6.70. The lowest BCUT2D eigenvalue weighted by Crippen LogP contribution is -2.15. The van der Waals surface area contributed by atoms with Crippen LogP contribution in [0.25, 0.3) is 0 Å². The van der Waals surface area contributed by atoms with E-state index in [4.69, 9.17) is 5.11 Å². The van der Waals surface area contributed by atoms with Gasteiger partial charge in [-0.3, -0.25) is 0 Å². The number of ether oxygens (including phenoxy) is 1. The van der Waals surface area contributed by atoms with Crippen molar-refractivity contribution in [3.05, 3.63) is 47.5 Å². The van der Waals surface area contributed by atoms with Crippen LogP contribution in [0.5, 0.6) is 0 Å². The standard InChI is InChI=1S/C10H12O3.C5H8O2/c1-2-13-10(12)9(11)8-6-4-3-5-7-8;1-3-4(2)5(6)7/h3-7,9,11H,2H2,1H3;3H,1-2H3,(H,6,7)/b;4-3-. The second kappa shape index (κ2) is 9.75. The number of benzene rings is 1. The highest BCUT2D eigenvalue weighted by molar-refractivity contribution is 5.85. The number of carbonyl (C=O) groups is 2. The Morgan fingerprint density at radius 3 is 2.20 bits per heavy atom. The van der Waals surface area contributed by atoms with Gasteiger partial charge < -0.3 is 14.9 Å². The zero-order valence-corrected chi connectivity index (χ0v) is 11.9. The number of rotatable bonds is 4. The summed E-state index contributed by atoms with van der Waals surface area (Å²) in [6, 6.07) is 8.71. The van der Waals surface area contributed by atoms with Gasteiger partial charge in [-0.05, 0) is 26.3 Å². The van der Waals surface area contributed by atoms with E-state index in [0.29, 0.717) is 11.1 Å². The highest BCUT2D eigenvalue weighted by Gasteiger charge is 2.17. The topological polar surface area (TPSA) is 83.8 Å². The van der Waals surface area contributed by atoms with E-state index in [1.165, 1.54) is 0 Å². The van der Waals surface area contributed by atoms with Gasteiger partial charge in [0, 0.05) is 5.57 Å². The molecule has 1 unspecified atom stereocenters. The van der Waals surface area contributed by atoms with E-state index < -0.39 is 18.0 Å².